The molecule has 0 aliphatic carbocycles. The molecule has 3 heterocycles. The first kappa shape index (κ1) is 15.0. The molecular weight excluding hydrogens is 298 g/mol. The van der Waals surface area contributed by atoms with E-state index in [2.05, 4.69) is 26.3 Å². The second kappa shape index (κ2) is 5.72. The van der Waals surface area contributed by atoms with Gasteiger partial charge >= 0.3 is 6.03 Å². The van der Waals surface area contributed by atoms with Gasteiger partial charge in [0.15, 0.2) is 0 Å². The summed E-state index contributed by atoms with van der Waals surface area (Å²) in [7, 11) is 0. The second-order valence-corrected chi connectivity index (χ2v) is 7.39. The van der Waals surface area contributed by atoms with Gasteiger partial charge in [0.25, 0.3) is 0 Å². The van der Waals surface area contributed by atoms with Crippen molar-refractivity contribution in [1.82, 2.24) is 20.2 Å². The summed E-state index contributed by atoms with van der Waals surface area (Å²) in [6.45, 7) is 8.98. The van der Waals surface area contributed by atoms with Gasteiger partial charge in [0, 0.05) is 31.7 Å². The fourth-order valence-electron chi connectivity index (χ4n) is 2.55. The van der Waals surface area contributed by atoms with Crippen LogP contribution in [0.2, 0.25) is 0 Å². The van der Waals surface area contributed by atoms with Gasteiger partial charge in [-0.15, -0.1) is 11.3 Å². The van der Waals surface area contributed by atoms with Gasteiger partial charge in [-0.05, 0) is 32.2 Å². The van der Waals surface area contributed by atoms with Crippen LogP contribution in [-0.4, -0.2) is 52.6 Å². The zero-order valence-electron chi connectivity index (χ0n) is 13.2. The third kappa shape index (κ3) is 3.14. The van der Waals surface area contributed by atoms with Gasteiger partial charge in [0.1, 0.15) is 17.0 Å². The molecule has 1 saturated heterocycles. The molecule has 1 aliphatic rings. The largest absolute Gasteiger partial charge is 0.352 e. The predicted molar refractivity (Wildman–Crippen MR) is 89.5 cm³/mol. The van der Waals surface area contributed by atoms with Crippen molar-refractivity contribution in [3.63, 3.8) is 0 Å². The number of hydrogen-bond acceptors (Lipinski definition) is 5. The predicted octanol–water partition coefficient (Wildman–Crippen LogP) is 2.32. The second-order valence-electron chi connectivity index (χ2n) is 6.49. The van der Waals surface area contributed by atoms with E-state index in [1.54, 1.807) is 17.7 Å². The van der Waals surface area contributed by atoms with Crippen molar-refractivity contribution in [2.45, 2.75) is 26.3 Å². The first-order valence-electron chi connectivity index (χ1n) is 7.44. The molecule has 0 bridgehead atoms. The van der Waals surface area contributed by atoms with Crippen molar-refractivity contribution in [3.05, 3.63) is 17.8 Å². The molecule has 1 fully saturated rings. The SMILES string of the molecule is CC(C)(C)NC(=O)N1CCN(c2ncnc3sccc23)CC1. The number of hydrogen-bond donors (Lipinski definition) is 1. The Morgan fingerprint density at radius 2 is 1.95 bits per heavy atom. The number of urea groups is 1. The molecule has 7 heteroatoms. The first-order chi connectivity index (χ1) is 10.4. The van der Waals surface area contributed by atoms with Gasteiger partial charge in [-0.25, -0.2) is 14.8 Å². The molecule has 2 aromatic heterocycles. The molecule has 1 N–H and O–H groups in total. The van der Waals surface area contributed by atoms with Crippen molar-refractivity contribution >= 4 is 33.4 Å². The van der Waals surface area contributed by atoms with E-state index in [4.69, 9.17) is 0 Å². The average Bonchev–Trinajstić information content (AvgIpc) is 2.94. The minimum atomic E-state index is -0.205. The normalized spacial score (nSPS) is 16.1. The van der Waals surface area contributed by atoms with Crippen molar-refractivity contribution in [3.8, 4) is 0 Å². The van der Waals surface area contributed by atoms with E-state index in [9.17, 15) is 4.79 Å². The fourth-order valence-corrected chi connectivity index (χ4v) is 3.28. The van der Waals surface area contributed by atoms with Crippen LogP contribution in [0.25, 0.3) is 10.2 Å². The lowest BCUT2D eigenvalue weighted by molar-refractivity contribution is 0.185. The average molecular weight is 319 g/mol. The van der Waals surface area contributed by atoms with E-state index in [-0.39, 0.29) is 11.6 Å². The molecule has 6 nitrogen and oxygen atoms in total. The Hall–Kier alpha value is -1.89. The summed E-state index contributed by atoms with van der Waals surface area (Å²) < 4.78 is 0. The van der Waals surface area contributed by atoms with Gasteiger partial charge in [0.2, 0.25) is 0 Å². The van der Waals surface area contributed by atoms with Crippen molar-refractivity contribution in [2.24, 2.45) is 0 Å². The smallest absolute Gasteiger partial charge is 0.317 e. The lowest BCUT2D eigenvalue weighted by atomic mass is 10.1. The molecule has 0 radical (unpaired) electrons. The highest BCUT2D eigenvalue weighted by molar-refractivity contribution is 7.16. The number of carbonyl (C=O) groups excluding carboxylic acids is 1. The van der Waals surface area contributed by atoms with Gasteiger partial charge < -0.3 is 15.1 Å². The number of amides is 2. The summed E-state index contributed by atoms with van der Waals surface area (Å²) in [5.74, 6) is 0.974. The van der Waals surface area contributed by atoms with Crippen molar-refractivity contribution < 1.29 is 4.79 Å². The number of carbonyl (C=O) groups is 1. The monoisotopic (exact) mass is 319 g/mol. The van der Waals surface area contributed by atoms with Crippen LogP contribution in [-0.2, 0) is 0 Å². The first-order valence-corrected chi connectivity index (χ1v) is 8.32. The third-order valence-corrected chi connectivity index (χ3v) is 4.41. The van der Waals surface area contributed by atoms with Crippen LogP contribution >= 0.6 is 11.3 Å². The zero-order valence-corrected chi connectivity index (χ0v) is 14.0. The van der Waals surface area contributed by atoms with Crippen LogP contribution in [0.1, 0.15) is 20.8 Å². The van der Waals surface area contributed by atoms with Crippen LogP contribution in [0, 0.1) is 0 Å². The lowest BCUT2D eigenvalue weighted by Crippen LogP contribution is -2.55. The Kier molecular flexibility index (Phi) is 3.90. The zero-order chi connectivity index (χ0) is 15.7. The third-order valence-electron chi connectivity index (χ3n) is 3.59. The van der Waals surface area contributed by atoms with Gasteiger partial charge in [-0.3, -0.25) is 0 Å². The number of anilines is 1. The summed E-state index contributed by atoms with van der Waals surface area (Å²) >= 11 is 1.62. The number of fused-ring (bicyclic) bond motifs is 1. The van der Waals surface area contributed by atoms with E-state index in [1.165, 1.54) is 0 Å². The summed E-state index contributed by atoms with van der Waals surface area (Å²) in [6.07, 6.45) is 1.62. The van der Waals surface area contributed by atoms with E-state index < -0.39 is 0 Å². The summed E-state index contributed by atoms with van der Waals surface area (Å²) in [4.78, 5) is 26.0. The maximum atomic E-state index is 12.2. The Balaban J connectivity index is 1.67. The van der Waals surface area contributed by atoms with Crippen LogP contribution in [0.5, 0.6) is 0 Å². The maximum absolute atomic E-state index is 12.2. The molecule has 0 spiro atoms. The summed E-state index contributed by atoms with van der Waals surface area (Å²) in [5, 5.41) is 6.15. The highest BCUT2D eigenvalue weighted by atomic mass is 32.1. The highest BCUT2D eigenvalue weighted by Gasteiger charge is 2.25. The maximum Gasteiger partial charge on any atom is 0.317 e. The van der Waals surface area contributed by atoms with Crippen LogP contribution in [0.4, 0.5) is 10.6 Å². The number of rotatable bonds is 1. The number of nitrogens with one attached hydrogen (secondary N) is 1. The van der Waals surface area contributed by atoms with Crippen LogP contribution < -0.4 is 10.2 Å². The fraction of sp³-hybridized carbons (Fsp3) is 0.533. The Bertz CT molecular complexity index is 670. The standard InChI is InChI=1S/C15H21N5OS/c1-15(2,3)18-14(21)20-7-5-19(6-8-20)12-11-4-9-22-13(11)17-10-16-12/h4,9-10H,5-8H2,1-3H3,(H,18,21). The molecule has 3 rings (SSSR count). The quantitative estimate of drug-likeness (QED) is 0.876. The van der Waals surface area contributed by atoms with Crippen LogP contribution in [0.15, 0.2) is 17.8 Å². The topological polar surface area (TPSA) is 61.4 Å². The number of aromatic nitrogens is 2. The molecule has 22 heavy (non-hydrogen) atoms. The number of thiophene rings is 1. The molecular formula is C15H21N5OS. The number of nitrogens with zero attached hydrogens (tertiary/aromatic N) is 4. The van der Waals surface area contributed by atoms with Crippen molar-refractivity contribution in [2.75, 3.05) is 31.1 Å². The van der Waals surface area contributed by atoms with Crippen molar-refractivity contribution in [1.29, 1.82) is 0 Å². The van der Waals surface area contributed by atoms with Gasteiger partial charge in [0.05, 0.1) is 5.39 Å². The van der Waals surface area contributed by atoms with E-state index in [0.29, 0.717) is 13.1 Å². The lowest BCUT2D eigenvalue weighted by Gasteiger charge is -2.37. The van der Waals surface area contributed by atoms with E-state index >= 15 is 0 Å². The Labute approximate surface area is 134 Å². The Morgan fingerprint density at radius 1 is 1.23 bits per heavy atom. The van der Waals surface area contributed by atoms with Crippen LogP contribution in [0.3, 0.4) is 0 Å². The highest BCUT2D eigenvalue weighted by Crippen LogP contribution is 2.27. The van der Waals surface area contributed by atoms with Gasteiger partial charge in [-0.1, -0.05) is 0 Å². The minimum absolute atomic E-state index is 0.00974. The van der Waals surface area contributed by atoms with E-state index in [1.807, 2.05) is 31.1 Å². The minimum Gasteiger partial charge on any atom is -0.352 e. The molecule has 0 saturated carbocycles. The molecule has 0 aromatic carbocycles. The Morgan fingerprint density at radius 3 is 2.64 bits per heavy atom. The molecule has 1 aliphatic heterocycles. The summed E-state index contributed by atoms with van der Waals surface area (Å²) in [5.41, 5.74) is -0.205. The molecule has 2 aromatic rings. The molecule has 2 amide bonds. The summed E-state index contributed by atoms with van der Waals surface area (Å²) in [6, 6.07) is 2.07. The van der Waals surface area contributed by atoms with E-state index in [0.717, 1.165) is 29.1 Å². The molecule has 0 unspecified atom stereocenters. The molecule has 0 atom stereocenters. The van der Waals surface area contributed by atoms with Gasteiger partial charge in [-0.2, -0.15) is 0 Å². The molecule has 118 valence electrons. The number of piperazine rings is 1.